The van der Waals surface area contributed by atoms with Crippen LogP contribution in [0.3, 0.4) is 0 Å². The fraction of sp³-hybridized carbons (Fsp3) is 0.571. The van der Waals surface area contributed by atoms with Gasteiger partial charge in [0.25, 0.3) is 0 Å². The van der Waals surface area contributed by atoms with Crippen molar-refractivity contribution in [2.75, 3.05) is 20.3 Å². The molecule has 0 saturated carbocycles. The first-order chi connectivity index (χ1) is 8.72. The summed E-state index contributed by atoms with van der Waals surface area (Å²) in [5.41, 5.74) is 6.84. The van der Waals surface area contributed by atoms with Crippen molar-refractivity contribution >= 4 is 0 Å². The molecule has 0 amide bonds. The number of ether oxygens (including phenoxy) is 1. The maximum Gasteiger partial charge on any atom is 0.132 e. The second kappa shape index (κ2) is 6.27. The number of rotatable bonds is 4. The molecule has 2 N–H and O–H groups in total. The van der Waals surface area contributed by atoms with Crippen LogP contribution in [-0.2, 0) is 17.8 Å². The molecule has 0 aliphatic carbocycles. The zero-order chi connectivity index (χ0) is 13.0. The Morgan fingerprint density at radius 1 is 1.33 bits per heavy atom. The summed E-state index contributed by atoms with van der Waals surface area (Å²) >= 11 is 0. The van der Waals surface area contributed by atoms with Crippen LogP contribution in [0, 0.1) is 5.82 Å². The summed E-state index contributed by atoms with van der Waals surface area (Å²) in [6, 6.07) is 5.94. The van der Waals surface area contributed by atoms with Crippen LogP contribution in [0.15, 0.2) is 18.2 Å². The van der Waals surface area contributed by atoms with E-state index in [0.717, 1.165) is 31.6 Å². The third kappa shape index (κ3) is 3.07. The lowest BCUT2D eigenvalue weighted by Gasteiger charge is -2.31. The first-order valence-corrected chi connectivity index (χ1v) is 6.46. The van der Waals surface area contributed by atoms with Crippen LogP contribution in [0.2, 0.25) is 0 Å². The van der Waals surface area contributed by atoms with Crippen molar-refractivity contribution in [1.82, 2.24) is 4.90 Å². The molecule has 3 nitrogen and oxygen atoms in total. The summed E-state index contributed by atoms with van der Waals surface area (Å²) in [5, 5.41) is 0. The first-order valence-electron chi connectivity index (χ1n) is 6.46. The van der Waals surface area contributed by atoms with E-state index < -0.39 is 0 Å². The van der Waals surface area contributed by atoms with E-state index in [9.17, 15) is 4.39 Å². The molecule has 1 fully saturated rings. The van der Waals surface area contributed by atoms with Gasteiger partial charge in [-0.2, -0.15) is 0 Å². The van der Waals surface area contributed by atoms with Crippen LogP contribution >= 0.6 is 0 Å². The highest BCUT2D eigenvalue weighted by molar-refractivity contribution is 5.25. The number of halogens is 1. The van der Waals surface area contributed by atoms with Crippen LogP contribution < -0.4 is 5.73 Å². The van der Waals surface area contributed by atoms with E-state index >= 15 is 0 Å². The molecule has 0 radical (unpaired) electrons. The topological polar surface area (TPSA) is 38.5 Å². The Balaban J connectivity index is 2.04. The zero-order valence-corrected chi connectivity index (χ0v) is 10.9. The van der Waals surface area contributed by atoms with Crippen molar-refractivity contribution < 1.29 is 9.13 Å². The summed E-state index contributed by atoms with van der Waals surface area (Å²) in [6.45, 7) is 2.49. The van der Waals surface area contributed by atoms with Crippen LogP contribution in [0.4, 0.5) is 4.39 Å². The minimum atomic E-state index is -0.154. The molecule has 0 atom stereocenters. The van der Waals surface area contributed by atoms with Crippen LogP contribution in [-0.4, -0.2) is 31.2 Å². The molecular weight excluding hydrogens is 231 g/mol. The number of hydrogen-bond acceptors (Lipinski definition) is 3. The highest BCUT2D eigenvalue weighted by Crippen LogP contribution is 2.18. The van der Waals surface area contributed by atoms with Gasteiger partial charge in [-0.3, -0.25) is 4.90 Å². The lowest BCUT2D eigenvalue weighted by Crippen LogP contribution is -2.36. The summed E-state index contributed by atoms with van der Waals surface area (Å²) in [7, 11) is 2.05. The van der Waals surface area contributed by atoms with E-state index in [1.807, 2.05) is 19.2 Å². The Morgan fingerprint density at radius 3 is 2.67 bits per heavy atom. The van der Waals surface area contributed by atoms with Crippen LogP contribution in [0.25, 0.3) is 0 Å². The van der Waals surface area contributed by atoms with Gasteiger partial charge in [-0.05, 0) is 19.9 Å². The van der Waals surface area contributed by atoms with Crippen molar-refractivity contribution in [3.05, 3.63) is 35.1 Å². The molecule has 18 heavy (non-hydrogen) atoms. The van der Waals surface area contributed by atoms with Crippen LogP contribution in [0.5, 0.6) is 0 Å². The highest BCUT2D eigenvalue weighted by atomic mass is 19.1. The Morgan fingerprint density at radius 2 is 2.00 bits per heavy atom. The molecule has 1 saturated heterocycles. The molecule has 100 valence electrons. The number of benzene rings is 1. The van der Waals surface area contributed by atoms with Crippen molar-refractivity contribution in [2.45, 2.75) is 32.0 Å². The molecule has 2 rings (SSSR count). The van der Waals surface area contributed by atoms with Crippen LogP contribution in [0.1, 0.15) is 24.0 Å². The van der Waals surface area contributed by atoms with Gasteiger partial charge in [0.1, 0.15) is 5.82 Å². The summed E-state index contributed by atoms with van der Waals surface area (Å²) in [6.07, 6.45) is 2.05. The molecule has 1 aliphatic heterocycles. The van der Waals surface area contributed by atoms with Gasteiger partial charge in [-0.25, -0.2) is 4.39 Å². The van der Waals surface area contributed by atoms with E-state index in [1.165, 1.54) is 0 Å². The van der Waals surface area contributed by atoms with Gasteiger partial charge in [0.05, 0.1) is 0 Å². The van der Waals surface area contributed by atoms with Gasteiger partial charge in [0.2, 0.25) is 0 Å². The summed E-state index contributed by atoms with van der Waals surface area (Å²) in [4.78, 5) is 2.21. The van der Waals surface area contributed by atoms with E-state index in [1.54, 1.807) is 6.07 Å². The van der Waals surface area contributed by atoms with E-state index in [0.29, 0.717) is 18.2 Å². The Hall–Kier alpha value is -0.970. The van der Waals surface area contributed by atoms with Gasteiger partial charge in [-0.1, -0.05) is 18.2 Å². The maximum absolute atomic E-state index is 14.1. The smallest absolute Gasteiger partial charge is 0.132 e. The lowest BCUT2D eigenvalue weighted by molar-refractivity contribution is 0.0404. The van der Waals surface area contributed by atoms with Crippen molar-refractivity contribution in [3.63, 3.8) is 0 Å². The van der Waals surface area contributed by atoms with E-state index in [2.05, 4.69) is 4.90 Å². The molecule has 1 aliphatic rings. The summed E-state index contributed by atoms with van der Waals surface area (Å²) < 4.78 is 19.4. The Kier molecular flexibility index (Phi) is 4.69. The number of nitrogens with zero attached hydrogens (tertiary/aromatic N) is 1. The molecule has 1 aromatic carbocycles. The average molecular weight is 252 g/mol. The Bertz CT molecular complexity index is 391. The SMILES string of the molecule is CN(Cc1cccc(CN)c1F)C1CCOCC1. The molecule has 0 aromatic heterocycles. The second-order valence-corrected chi connectivity index (χ2v) is 4.85. The van der Waals surface area contributed by atoms with Crippen molar-refractivity contribution in [1.29, 1.82) is 0 Å². The fourth-order valence-electron chi connectivity index (χ4n) is 2.44. The molecule has 0 unspecified atom stereocenters. The predicted molar refractivity (Wildman–Crippen MR) is 69.6 cm³/mol. The molecule has 0 spiro atoms. The quantitative estimate of drug-likeness (QED) is 0.889. The number of hydrogen-bond donors (Lipinski definition) is 1. The molecule has 1 aromatic rings. The highest BCUT2D eigenvalue weighted by Gasteiger charge is 2.19. The maximum atomic E-state index is 14.1. The minimum Gasteiger partial charge on any atom is -0.381 e. The van der Waals surface area contributed by atoms with E-state index in [4.69, 9.17) is 10.5 Å². The molecule has 0 bridgehead atoms. The first kappa shape index (κ1) is 13.5. The second-order valence-electron chi connectivity index (χ2n) is 4.85. The normalized spacial score (nSPS) is 17.3. The molecule has 4 heteroatoms. The third-order valence-electron chi connectivity index (χ3n) is 3.61. The third-order valence-corrected chi connectivity index (χ3v) is 3.61. The fourth-order valence-corrected chi connectivity index (χ4v) is 2.44. The molecular formula is C14H21FN2O. The minimum absolute atomic E-state index is 0.154. The van der Waals surface area contributed by atoms with Crippen molar-refractivity contribution in [2.24, 2.45) is 5.73 Å². The van der Waals surface area contributed by atoms with Crippen molar-refractivity contribution in [3.8, 4) is 0 Å². The van der Waals surface area contributed by atoms with E-state index in [-0.39, 0.29) is 12.4 Å². The predicted octanol–water partition coefficient (Wildman–Crippen LogP) is 1.90. The lowest BCUT2D eigenvalue weighted by atomic mass is 10.1. The monoisotopic (exact) mass is 252 g/mol. The number of nitrogens with two attached hydrogens (primary N) is 1. The van der Waals surface area contributed by atoms with Gasteiger partial charge >= 0.3 is 0 Å². The van der Waals surface area contributed by atoms with Gasteiger partial charge in [0, 0.05) is 43.5 Å². The standard InChI is InChI=1S/C14H21FN2O/c1-17(13-5-7-18-8-6-13)10-12-4-2-3-11(9-16)14(12)15/h2-4,13H,5-10,16H2,1H3. The van der Waals surface area contributed by atoms with Gasteiger partial charge in [0.15, 0.2) is 0 Å². The Labute approximate surface area is 108 Å². The largest absolute Gasteiger partial charge is 0.381 e. The van der Waals surface area contributed by atoms with Gasteiger partial charge in [-0.15, -0.1) is 0 Å². The van der Waals surface area contributed by atoms with Gasteiger partial charge < -0.3 is 10.5 Å². The summed E-state index contributed by atoms with van der Waals surface area (Å²) in [5.74, 6) is -0.154. The molecule has 1 heterocycles. The average Bonchev–Trinajstić information content (AvgIpc) is 2.42. The zero-order valence-electron chi connectivity index (χ0n) is 10.9.